The number of rotatable bonds is 7. The first-order chi connectivity index (χ1) is 12.3. The number of tetrazole rings is 1. The topological polar surface area (TPSA) is 63.9 Å². The van der Waals surface area contributed by atoms with E-state index in [0.29, 0.717) is 24.0 Å². The Labute approximate surface area is 152 Å². The van der Waals surface area contributed by atoms with Crippen LogP contribution >= 0.6 is 11.8 Å². The third-order valence-corrected chi connectivity index (χ3v) is 5.17. The number of nitrogens with zero attached hydrogens (tertiary/aromatic N) is 5. The minimum atomic E-state index is 0.120. The Kier molecular flexibility index (Phi) is 6.22. The summed E-state index contributed by atoms with van der Waals surface area (Å²) in [5.41, 5.74) is 2.30. The summed E-state index contributed by atoms with van der Waals surface area (Å²) < 4.78 is 1.74. The van der Waals surface area contributed by atoms with Gasteiger partial charge in [0, 0.05) is 12.2 Å². The van der Waals surface area contributed by atoms with E-state index in [2.05, 4.69) is 21.6 Å². The molecule has 0 bridgehead atoms. The molecule has 0 unspecified atom stereocenters. The summed E-state index contributed by atoms with van der Waals surface area (Å²) in [5.74, 6) is 0.468. The first-order valence-corrected chi connectivity index (χ1v) is 9.68. The number of aromatic nitrogens is 4. The number of carbonyl (C=O) groups is 1. The number of benzene rings is 1. The number of hydrogen-bond acceptors (Lipinski definition) is 5. The van der Waals surface area contributed by atoms with Crippen LogP contribution in [0.4, 0.5) is 0 Å². The highest BCUT2D eigenvalue weighted by Gasteiger charge is 2.19. The van der Waals surface area contributed by atoms with Gasteiger partial charge in [-0.25, -0.2) is 4.68 Å². The molecule has 1 amide bonds. The molecule has 25 heavy (non-hydrogen) atoms. The molecule has 0 N–H and O–H groups in total. The molecule has 132 valence electrons. The van der Waals surface area contributed by atoms with Gasteiger partial charge in [0.05, 0.1) is 12.3 Å². The van der Waals surface area contributed by atoms with Gasteiger partial charge in [-0.1, -0.05) is 48.2 Å². The molecule has 3 rings (SSSR count). The van der Waals surface area contributed by atoms with E-state index in [1.165, 1.54) is 23.9 Å². The second-order valence-electron chi connectivity index (χ2n) is 5.97. The van der Waals surface area contributed by atoms with Crippen LogP contribution in [0.1, 0.15) is 38.2 Å². The van der Waals surface area contributed by atoms with Crippen molar-refractivity contribution < 1.29 is 4.79 Å². The largest absolute Gasteiger partial charge is 0.316 e. The molecule has 1 heterocycles. The zero-order valence-electron chi connectivity index (χ0n) is 14.5. The fourth-order valence-corrected chi connectivity index (χ4v) is 3.72. The van der Waals surface area contributed by atoms with Crippen LogP contribution in [0.15, 0.2) is 47.3 Å². The van der Waals surface area contributed by atoms with Crippen molar-refractivity contribution in [2.45, 2.75) is 44.3 Å². The lowest BCUT2D eigenvalue weighted by Crippen LogP contribution is -2.32. The van der Waals surface area contributed by atoms with Gasteiger partial charge in [0.2, 0.25) is 11.1 Å². The summed E-state index contributed by atoms with van der Waals surface area (Å²) in [5, 5.41) is 12.5. The monoisotopic (exact) mass is 357 g/mol. The third kappa shape index (κ3) is 4.69. The van der Waals surface area contributed by atoms with E-state index >= 15 is 0 Å². The summed E-state index contributed by atoms with van der Waals surface area (Å²) in [6.45, 7) is 3.34. The van der Waals surface area contributed by atoms with Crippen molar-refractivity contribution in [1.29, 1.82) is 0 Å². The van der Waals surface area contributed by atoms with Gasteiger partial charge in [-0.3, -0.25) is 4.79 Å². The average Bonchev–Trinajstić information content (AvgIpc) is 3.09. The second-order valence-corrected chi connectivity index (χ2v) is 6.92. The van der Waals surface area contributed by atoms with Crippen molar-refractivity contribution in [1.82, 2.24) is 25.1 Å². The molecule has 0 saturated carbocycles. The van der Waals surface area contributed by atoms with Crippen molar-refractivity contribution in [3.05, 3.63) is 47.7 Å². The Morgan fingerprint density at radius 3 is 2.84 bits per heavy atom. The molecule has 1 aromatic carbocycles. The van der Waals surface area contributed by atoms with Gasteiger partial charge in [-0.05, 0) is 48.6 Å². The Bertz CT molecular complexity index is 728. The van der Waals surface area contributed by atoms with Crippen LogP contribution in [-0.4, -0.2) is 43.3 Å². The predicted octanol–water partition coefficient (Wildman–Crippen LogP) is 3.12. The van der Waals surface area contributed by atoms with E-state index in [1.54, 1.807) is 4.68 Å². The summed E-state index contributed by atoms with van der Waals surface area (Å²) in [7, 11) is 0. The minimum absolute atomic E-state index is 0.120. The van der Waals surface area contributed by atoms with E-state index in [1.807, 2.05) is 42.2 Å². The number of allylic oxidation sites excluding steroid dienone is 2. The highest BCUT2D eigenvalue weighted by Crippen LogP contribution is 2.23. The Hall–Kier alpha value is -2.15. The number of hydrogen-bond donors (Lipinski definition) is 0. The summed E-state index contributed by atoms with van der Waals surface area (Å²) in [4.78, 5) is 14.5. The van der Waals surface area contributed by atoms with Gasteiger partial charge >= 0.3 is 0 Å². The van der Waals surface area contributed by atoms with E-state index in [4.69, 9.17) is 0 Å². The maximum Gasteiger partial charge on any atom is 0.237 e. The number of carbonyl (C=O) groups excluding carboxylic acids is 1. The van der Waals surface area contributed by atoms with Crippen LogP contribution in [0, 0.1) is 0 Å². The Morgan fingerprint density at radius 1 is 1.28 bits per heavy atom. The Morgan fingerprint density at radius 2 is 2.12 bits per heavy atom. The molecule has 0 saturated heterocycles. The van der Waals surface area contributed by atoms with E-state index in [0.717, 1.165) is 24.8 Å². The lowest BCUT2D eigenvalue weighted by molar-refractivity contribution is -0.126. The number of thioether (sulfide) groups is 1. The molecule has 0 fully saturated rings. The Balaban J connectivity index is 1.60. The van der Waals surface area contributed by atoms with Gasteiger partial charge < -0.3 is 4.90 Å². The maximum absolute atomic E-state index is 12.6. The van der Waals surface area contributed by atoms with Crippen molar-refractivity contribution in [2.24, 2.45) is 0 Å². The van der Waals surface area contributed by atoms with Gasteiger partial charge in [-0.15, -0.1) is 5.10 Å². The van der Waals surface area contributed by atoms with Gasteiger partial charge in [-0.2, -0.15) is 0 Å². The lowest BCUT2D eigenvalue weighted by Gasteiger charge is -2.26. The molecule has 1 aliphatic carbocycles. The molecule has 0 atom stereocenters. The second kappa shape index (κ2) is 8.80. The fourth-order valence-electron chi connectivity index (χ4n) is 2.97. The molecule has 0 radical (unpaired) electrons. The van der Waals surface area contributed by atoms with Gasteiger partial charge in [0.15, 0.2) is 0 Å². The first kappa shape index (κ1) is 17.7. The predicted molar refractivity (Wildman–Crippen MR) is 98.0 cm³/mol. The van der Waals surface area contributed by atoms with E-state index in [-0.39, 0.29) is 5.91 Å². The standard InChI is InChI=1S/C18H23N5OS/c1-2-22(16-11-7-4-8-12-16)17(24)14-25-18-19-20-21-23(18)13-15-9-5-3-6-10-15/h3,5-6,9-11H,2,4,7-8,12-14H2,1H3. The minimum Gasteiger partial charge on any atom is -0.316 e. The zero-order chi connectivity index (χ0) is 17.5. The van der Waals surface area contributed by atoms with E-state index in [9.17, 15) is 4.79 Å². The molecule has 6 nitrogen and oxygen atoms in total. The molecule has 1 aromatic heterocycles. The van der Waals surface area contributed by atoms with Crippen LogP contribution < -0.4 is 0 Å². The molecule has 2 aromatic rings. The molecule has 0 spiro atoms. The molecule has 7 heteroatoms. The summed E-state index contributed by atoms with van der Waals surface area (Å²) >= 11 is 1.40. The van der Waals surface area contributed by atoms with Crippen molar-refractivity contribution in [2.75, 3.05) is 12.3 Å². The molecule has 0 aliphatic heterocycles. The van der Waals surface area contributed by atoms with Crippen molar-refractivity contribution in [3.63, 3.8) is 0 Å². The molecule has 1 aliphatic rings. The van der Waals surface area contributed by atoms with E-state index < -0.39 is 0 Å². The zero-order valence-corrected chi connectivity index (χ0v) is 15.3. The average molecular weight is 357 g/mol. The van der Waals surface area contributed by atoms with Crippen LogP contribution in [0.25, 0.3) is 0 Å². The fraction of sp³-hybridized carbons (Fsp3) is 0.444. The van der Waals surface area contributed by atoms with Crippen LogP contribution in [0.3, 0.4) is 0 Å². The van der Waals surface area contributed by atoms with Crippen LogP contribution in [0.5, 0.6) is 0 Å². The SMILES string of the molecule is CCN(C(=O)CSc1nnnn1Cc1ccccc1)C1=CCCCC1. The molecular weight excluding hydrogens is 334 g/mol. The normalized spacial score (nSPS) is 14.2. The third-order valence-electron chi connectivity index (χ3n) is 4.23. The molecular formula is C18H23N5OS. The first-order valence-electron chi connectivity index (χ1n) is 8.70. The quantitative estimate of drug-likeness (QED) is 0.713. The highest BCUT2D eigenvalue weighted by molar-refractivity contribution is 7.99. The number of amides is 1. The van der Waals surface area contributed by atoms with Crippen molar-refractivity contribution in [3.8, 4) is 0 Å². The smallest absolute Gasteiger partial charge is 0.237 e. The maximum atomic E-state index is 12.6. The lowest BCUT2D eigenvalue weighted by atomic mass is 10.0. The highest BCUT2D eigenvalue weighted by atomic mass is 32.2. The summed E-state index contributed by atoms with van der Waals surface area (Å²) in [6.07, 6.45) is 6.66. The van der Waals surface area contributed by atoms with Crippen molar-refractivity contribution >= 4 is 17.7 Å². The van der Waals surface area contributed by atoms with Gasteiger partial charge in [0.25, 0.3) is 0 Å². The summed E-state index contributed by atoms with van der Waals surface area (Å²) in [6, 6.07) is 10.0. The van der Waals surface area contributed by atoms with Gasteiger partial charge in [0.1, 0.15) is 0 Å². The van der Waals surface area contributed by atoms with Crippen LogP contribution in [0.2, 0.25) is 0 Å². The van der Waals surface area contributed by atoms with Crippen LogP contribution in [-0.2, 0) is 11.3 Å².